The number of hydrogen-bond donors (Lipinski definition) is 2. The summed E-state index contributed by atoms with van der Waals surface area (Å²) in [5.41, 5.74) is 8.38. The second kappa shape index (κ2) is 6.30. The Balaban J connectivity index is 2.38. The van der Waals surface area contributed by atoms with E-state index in [1.54, 1.807) is 13.0 Å². The Bertz CT molecular complexity index is 689. The van der Waals surface area contributed by atoms with Gasteiger partial charge in [-0.3, -0.25) is 4.79 Å². The Labute approximate surface area is 122 Å². The van der Waals surface area contributed by atoms with E-state index in [-0.39, 0.29) is 11.8 Å². The van der Waals surface area contributed by atoms with Gasteiger partial charge in [-0.2, -0.15) is 0 Å². The van der Waals surface area contributed by atoms with Crippen molar-refractivity contribution in [3.8, 4) is 0 Å². The van der Waals surface area contributed by atoms with Crippen LogP contribution in [0.5, 0.6) is 0 Å². The van der Waals surface area contributed by atoms with Gasteiger partial charge < -0.3 is 20.2 Å². The lowest BCUT2D eigenvalue weighted by Gasteiger charge is -2.09. The van der Waals surface area contributed by atoms with E-state index in [0.29, 0.717) is 25.0 Å². The number of hydrogen-bond acceptors (Lipinski definition) is 4. The molecule has 6 nitrogen and oxygen atoms in total. The van der Waals surface area contributed by atoms with Crippen LogP contribution in [-0.2, 0) is 23.0 Å². The molecular formula is C15H19N3O3. The first-order valence-electron chi connectivity index (χ1n) is 6.79. The zero-order valence-corrected chi connectivity index (χ0v) is 12.2. The van der Waals surface area contributed by atoms with Gasteiger partial charge in [0.15, 0.2) is 5.84 Å². The normalized spacial score (nSPS) is 11.8. The molecule has 1 aromatic carbocycles. The van der Waals surface area contributed by atoms with Crippen LogP contribution in [0.4, 0.5) is 0 Å². The highest BCUT2D eigenvalue weighted by Crippen LogP contribution is 2.25. The Morgan fingerprint density at radius 1 is 1.43 bits per heavy atom. The standard InChI is InChI=1S/C15H19N3O3/c1-3-21-13(19)7-5-10-4-6-12(15(16)17-20)11-8-9-18(2)14(10)11/h4,6,8-9,20H,3,5,7H2,1-2H3,(H2,16,17). The van der Waals surface area contributed by atoms with Gasteiger partial charge in [-0.1, -0.05) is 17.3 Å². The maximum absolute atomic E-state index is 11.5. The molecule has 0 aliphatic heterocycles. The third-order valence-electron chi connectivity index (χ3n) is 3.41. The molecule has 0 aliphatic rings. The molecule has 2 rings (SSSR count). The summed E-state index contributed by atoms with van der Waals surface area (Å²) in [6.07, 6.45) is 2.83. The molecule has 1 aromatic heterocycles. The smallest absolute Gasteiger partial charge is 0.306 e. The van der Waals surface area contributed by atoms with Crippen LogP contribution in [0, 0.1) is 0 Å². The summed E-state index contributed by atoms with van der Waals surface area (Å²) < 4.78 is 6.91. The molecule has 0 atom stereocenters. The molecule has 6 heteroatoms. The molecule has 0 amide bonds. The summed E-state index contributed by atoms with van der Waals surface area (Å²) in [6, 6.07) is 5.61. The van der Waals surface area contributed by atoms with Crippen molar-refractivity contribution in [3.63, 3.8) is 0 Å². The highest BCUT2D eigenvalue weighted by Gasteiger charge is 2.13. The molecule has 0 fully saturated rings. The fraction of sp³-hybridized carbons (Fsp3) is 0.333. The van der Waals surface area contributed by atoms with Gasteiger partial charge in [0.05, 0.1) is 12.1 Å². The fourth-order valence-electron chi connectivity index (χ4n) is 2.45. The van der Waals surface area contributed by atoms with Crippen molar-refractivity contribution in [2.75, 3.05) is 6.61 Å². The molecule has 112 valence electrons. The predicted octanol–water partition coefficient (Wildman–Crippen LogP) is 1.77. The number of esters is 1. The van der Waals surface area contributed by atoms with Crippen LogP contribution >= 0.6 is 0 Å². The Morgan fingerprint density at radius 2 is 2.19 bits per heavy atom. The molecule has 2 aromatic rings. The minimum absolute atomic E-state index is 0.0724. The molecule has 0 unspecified atom stereocenters. The SMILES string of the molecule is CCOC(=O)CCc1ccc(C(N)=NO)c2ccn(C)c12. The number of oxime groups is 1. The van der Waals surface area contributed by atoms with Gasteiger partial charge in [0.25, 0.3) is 0 Å². The topological polar surface area (TPSA) is 89.8 Å². The number of carbonyl (C=O) groups is 1. The molecule has 0 bridgehead atoms. The second-order valence-corrected chi connectivity index (χ2v) is 4.75. The third-order valence-corrected chi connectivity index (χ3v) is 3.41. The number of ether oxygens (including phenoxy) is 1. The van der Waals surface area contributed by atoms with Crippen LogP contribution < -0.4 is 5.73 Å². The number of aromatic nitrogens is 1. The average molecular weight is 289 g/mol. The molecular weight excluding hydrogens is 270 g/mol. The van der Waals surface area contributed by atoms with Crippen molar-refractivity contribution >= 4 is 22.7 Å². The van der Waals surface area contributed by atoms with Gasteiger partial charge in [-0.25, -0.2) is 0 Å². The lowest BCUT2D eigenvalue weighted by molar-refractivity contribution is -0.143. The summed E-state index contributed by atoms with van der Waals surface area (Å²) >= 11 is 0. The van der Waals surface area contributed by atoms with E-state index in [9.17, 15) is 4.79 Å². The monoisotopic (exact) mass is 289 g/mol. The van der Waals surface area contributed by atoms with Crippen LogP contribution in [0.15, 0.2) is 29.6 Å². The summed E-state index contributed by atoms with van der Waals surface area (Å²) in [4.78, 5) is 11.5. The summed E-state index contributed by atoms with van der Waals surface area (Å²) in [6.45, 7) is 2.18. The van der Waals surface area contributed by atoms with Crippen molar-refractivity contribution in [1.82, 2.24) is 4.57 Å². The first kappa shape index (κ1) is 14.9. The molecule has 0 saturated carbocycles. The lowest BCUT2D eigenvalue weighted by Crippen LogP contribution is -2.14. The molecule has 3 N–H and O–H groups in total. The number of rotatable bonds is 5. The molecule has 0 spiro atoms. The molecule has 0 saturated heterocycles. The van der Waals surface area contributed by atoms with Gasteiger partial charge in [0, 0.05) is 30.6 Å². The molecule has 0 aliphatic carbocycles. The summed E-state index contributed by atoms with van der Waals surface area (Å²) in [5.74, 6) is -0.136. The van der Waals surface area contributed by atoms with Crippen molar-refractivity contribution in [2.45, 2.75) is 19.8 Å². The van der Waals surface area contributed by atoms with Gasteiger partial charge in [0.2, 0.25) is 0 Å². The third kappa shape index (κ3) is 2.99. The van der Waals surface area contributed by atoms with Crippen LogP contribution in [0.3, 0.4) is 0 Å². The minimum atomic E-state index is -0.208. The summed E-state index contributed by atoms with van der Waals surface area (Å²) in [5, 5.41) is 12.8. The van der Waals surface area contributed by atoms with E-state index < -0.39 is 0 Å². The second-order valence-electron chi connectivity index (χ2n) is 4.75. The van der Waals surface area contributed by atoms with Crippen molar-refractivity contribution in [1.29, 1.82) is 0 Å². The highest BCUT2D eigenvalue weighted by molar-refractivity contribution is 6.09. The molecule has 1 heterocycles. The van der Waals surface area contributed by atoms with Crippen molar-refractivity contribution in [2.24, 2.45) is 17.9 Å². The van der Waals surface area contributed by atoms with E-state index in [0.717, 1.165) is 16.5 Å². The number of fused-ring (bicyclic) bond motifs is 1. The van der Waals surface area contributed by atoms with E-state index in [1.807, 2.05) is 29.9 Å². The first-order valence-corrected chi connectivity index (χ1v) is 6.79. The van der Waals surface area contributed by atoms with Gasteiger partial charge in [0.1, 0.15) is 0 Å². The minimum Gasteiger partial charge on any atom is -0.466 e. The van der Waals surface area contributed by atoms with Crippen molar-refractivity contribution < 1.29 is 14.7 Å². The zero-order chi connectivity index (χ0) is 15.4. The average Bonchev–Trinajstić information content (AvgIpc) is 2.87. The Morgan fingerprint density at radius 3 is 2.86 bits per heavy atom. The molecule has 21 heavy (non-hydrogen) atoms. The van der Waals surface area contributed by atoms with Crippen LogP contribution in [0.25, 0.3) is 10.9 Å². The zero-order valence-electron chi connectivity index (χ0n) is 12.2. The number of nitrogens with zero attached hydrogens (tertiary/aromatic N) is 2. The predicted molar refractivity (Wildman–Crippen MR) is 80.4 cm³/mol. The highest BCUT2D eigenvalue weighted by atomic mass is 16.5. The quantitative estimate of drug-likeness (QED) is 0.288. The maximum Gasteiger partial charge on any atom is 0.306 e. The first-order chi connectivity index (χ1) is 10.1. The number of carbonyl (C=O) groups excluding carboxylic acids is 1. The Kier molecular flexibility index (Phi) is 4.47. The van der Waals surface area contributed by atoms with Crippen LogP contribution in [0.2, 0.25) is 0 Å². The Hall–Kier alpha value is -2.50. The van der Waals surface area contributed by atoms with E-state index in [2.05, 4.69) is 5.16 Å². The molecule has 0 radical (unpaired) electrons. The number of amidine groups is 1. The van der Waals surface area contributed by atoms with Crippen LogP contribution in [-0.4, -0.2) is 28.2 Å². The number of nitrogens with two attached hydrogens (primary N) is 1. The number of aryl methyl sites for hydroxylation is 2. The lowest BCUT2D eigenvalue weighted by atomic mass is 10.0. The maximum atomic E-state index is 11.5. The van der Waals surface area contributed by atoms with E-state index in [1.165, 1.54) is 0 Å². The van der Waals surface area contributed by atoms with E-state index in [4.69, 9.17) is 15.7 Å². The summed E-state index contributed by atoms with van der Waals surface area (Å²) in [7, 11) is 1.92. The number of benzene rings is 1. The van der Waals surface area contributed by atoms with Crippen molar-refractivity contribution in [3.05, 3.63) is 35.5 Å². The van der Waals surface area contributed by atoms with Gasteiger partial charge >= 0.3 is 5.97 Å². The fourth-order valence-corrected chi connectivity index (χ4v) is 2.45. The van der Waals surface area contributed by atoms with Crippen LogP contribution in [0.1, 0.15) is 24.5 Å². The van der Waals surface area contributed by atoms with Gasteiger partial charge in [-0.05, 0) is 25.0 Å². The largest absolute Gasteiger partial charge is 0.466 e. The van der Waals surface area contributed by atoms with E-state index >= 15 is 0 Å². The van der Waals surface area contributed by atoms with Gasteiger partial charge in [-0.15, -0.1) is 0 Å².